The van der Waals surface area contributed by atoms with Crippen LogP contribution >= 0.6 is 23.1 Å². The van der Waals surface area contributed by atoms with E-state index in [1.807, 2.05) is 10.5 Å². The van der Waals surface area contributed by atoms with Crippen LogP contribution in [0.2, 0.25) is 0 Å². The van der Waals surface area contributed by atoms with Crippen LogP contribution in [0.4, 0.5) is 4.39 Å². The van der Waals surface area contributed by atoms with Gasteiger partial charge in [-0.2, -0.15) is 0 Å². The molecule has 3 aromatic heterocycles. The van der Waals surface area contributed by atoms with Crippen molar-refractivity contribution in [1.82, 2.24) is 14.6 Å². The molecule has 1 aromatic carbocycles. The molecule has 4 rings (SSSR count). The van der Waals surface area contributed by atoms with E-state index >= 15 is 0 Å². The Bertz CT molecular complexity index is 929. The van der Waals surface area contributed by atoms with Crippen LogP contribution in [0.1, 0.15) is 5.56 Å². The van der Waals surface area contributed by atoms with Crippen LogP contribution in [0.3, 0.4) is 0 Å². The summed E-state index contributed by atoms with van der Waals surface area (Å²) in [4.78, 5) is 0. The molecular formula is C15H10FN3S2. The molecule has 0 N–H and O–H groups in total. The molecule has 0 aliphatic heterocycles. The van der Waals surface area contributed by atoms with Gasteiger partial charge in [-0.3, -0.25) is 4.40 Å². The van der Waals surface area contributed by atoms with Gasteiger partial charge in [0.25, 0.3) is 0 Å². The topological polar surface area (TPSA) is 30.2 Å². The predicted molar refractivity (Wildman–Crippen MR) is 84.3 cm³/mol. The van der Waals surface area contributed by atoms with Gasteiger partial charge in [-0.25, -0.2) is 4.39 Å². The lowest BCUT2D eigenvalue weighted by Gasteiger charge is -2.04. The van der Waals surface area contributed by atoms with Gasteiger partial charge in [0.1, 0.15) is 17.2 Å². The average Bonchev–Trinajstić information content (AvgIpc) is 3.07. The van der Waals surface area contributed by atoms with Crippen molar-refractivity contribution in [3.8, 4) is 0 Å². The minimum atomic E-state index is -0.179. The fourth-order valence-electron chi connectivity index (χ4n) is 2.28. The number of rotatable bonds is 3. The maximum absolute atomic E-state index is 13.7. The van der Waals surface area contributed by atoms with E-state index in [-0.39, 0.29) is 5.82 Å². The number of hydrogen-bond donors (Lipinski definition) is 0. The van der Waals surface area contributed by atoms with Gasteiger partial charge in [0.15, 0.2) is 0 Å². The number of hydrogen-bond acceptors (Lipinski definition) is 4. The molecule has 21 heavy (non-hydrogen) atoms. The molecule has 0 bridgehead atoms. The Morgan fingerprint density at radius 2 is 2.10 bits per heavy atom. The van der Waals surface area contributed by atoms with E-state index in [9.17, 15) is 4.39 Å². The molecule has 0 saturated carbocycles. The SMILES string of the molecule is Fc1ccccc1CSc1nncn2c1cc1sccc12. The number of thiophene rings is 1. The number of nitrogens with zero attached hydrogens (tertiary/aromatic N) is 3. The normalized spacial score (nSPS) is 11.5. The lowest BCUT2D eigenvalue weighted by molar-refractivity contribution is 0.617. The van der Waals surface area contributed by atoms with E-state index in [0.717, 1.165) is 16.1 Å². The van der Waals surface area contributed by atoms with Crippen LogP contribution in [0.25, 0.3) is 15.7 Å². The molecule has 3 heterocycles. The van der Waals surface area contributed by atoms with Gasteiger partial charge in [-0.1, -0.05) is 30.0 Å². The molecular weight excluding hydrogens is 305 g/mol. The first-order chi connectivity index (χ1) is 10.3. The number of thioether (sulfide) groups is 1. The highest BCUT2D eigenvalue weighted by molar-refractivity contribution is 7.98. The summed E-state index contributed by atoms with van der Waals surface area (Å²) < 4.78 is 16.9. The van der Waals surface area contributed by atoms with Crippen molar-refractivity contribution in [3.63, 3.8) is 0 Å². The number of halogens is 1. The Morgan fingerprint density at radius 3 is 3.00 bits per heavy atom. The summed E-state index contributed by atoms with van der Waals surface area (Å²) >= 11 is 3.20. The Balaban J connectivity index is 1.72. The maximum Gasteiger partial charge on any atom is 0.143 e. The second-order valence-corrected chi connectivity index (χ2v) is 6.50. The Morgan fingerprint density at radius 1 is 1.19 bits per heavy atom. The zero-order chi connectivity index (χ0) is 14.2. The van der Waals surface area contributed by atoms with Crippen LogP contribution in [0, 0.1) is 5.82 Å². The molecule has 0 radical (unpaired) electrons. The van der Waals surface area contributed by atoms with Crippen LogP contribution in [-0.4, -0.2) is 14.6 Å². The third kappa shape index (κ3) is 2.20. The van der Waals surface area contributed by atoms with Crippen molar-refractivity contribution in [3.05, 3.63) is 59.5 Å². The van der Waals surface area contributed by atoms with Crippen molar-refractivity contribution >= 4 is 38.8 Å². The second-order valence-electron chi connectivity index (χ2n) is 4.59. The largest absolute Gasteiger partial charge is 0.295 e. The van der Waals surface area contributed by atoms with E-state index in [2.05, 4.69) is 27.7 Å². The number of fused-ring (bicyclic) bond motifs is 3. The Kier molecular flexibility index (Phi) is 3.12. The van der Waals surface area contributed by atoms with E-state index in [4.69, 9.17) is 0 Å². The molecule has 0 saturated heterocycles. The van der Waals surface area contributed by atoms with Gasteiger partial charge in [-0.05, 0) is 29.1 Å². The quantitative estimate of drug-likeness (QED) is 0.526. The summed E-state index contributed by atoms with van der Waals surface area (Å²) in [6.45, 7) is 0. The van der Waals surface area contributed by atoms with Crippen molar-refractivity contribution in [2.24, 2.45) is 0 Å². The summed E-state index contributed by atoms with van der Waals surface area (Å²) in [5, 5.41) is 11.1. The van der Waals surface area contributed by atoms with Crippen LogP contribution in [0.5, 0.6) is 0 Å². The molecule has 0 amide bonds. The van der Waals surface area contributed by atoms with Gasteiger partial charge in [0.2, 0.25) is 0 Å². The summed E-state index contributed by atoms with van der Waals surface area (Å²) in [7, 11) is 0. The van der Waals surface area contributed by atoms with Gasteiger partial charge >= 0.3 is 0 Å². The van der Waals surface area contributed by atoms with Crippen molar-refractivity contribution in [1.29, 1.82) is 0 Å². The summed E-state index contributed by atoms with van der Waals surface area (Å²) in [6.07, 6.45) is 1.72. The lowest BCUT2D eigenvalue weighted by Crippen LogP contribution is -1.94. The maximum atomic E-state index is 13.7. The standard InChI is InChI=1S/C15H10FN3S2/c16-11-4-2-1-3-10(11)8-21-15-13-7-14-12(5-6-20-14)19(13)9-17-18-15/h1-7,9H,8H2. The smallest absolute Gasteiger partial charge is 0.143 e. The van der Waals surface area contributed by atoms with Gasteiger partial charge in [-0.15, -0.1) is 21.5 Å². The van der Waals surface area contributed by atoms with Crippen LogP contribution < -0.4 is 0 Å². The third-order valence-corrected chi connectivity index (χ3v) is 5.19. The molecule has 0 spiro atoms. The highest BCUT2D eigenvalue weighted by Gasteiger charge is 2.11. The van der Waals surface area contributed by atoms with E-state index in [1.54, 1.807) is 29.8 Å². The third-order valence-electron chi connectivity index (χ3n) is 3.32. The fourth-order valence-corrected chi connectivity index (χ4v) is 4.03. The minimum Gasteiger partial charge on any atom is -0.295 e. The highest BCUT2D eigenvalue weighted by atomic mass is 32.2. The second kappa shape index (κ2) is 5.13. The fraction of sp³-hybridized carbons (Fsp3) is 0.0667. The zero-order valence-corrected chi connectivity index (χ0v) is 12.5. The van der Waals surface area contributed by atoms with Crippen molar-refractivity contribution < 1.29 is 4.39 Å². The van der Waals surface area contributed by atoms with E-state index in [1.165, 1.54) is 22.5 Å². The van der Waals surface area contributed by atoms with Crippen LogP contribution in [0.15, 0.2) is 53.1 Å². The lowest BCUT2D eigenvalue weighted by atomic mass is 10.2. The Hall–Kier alpha value is -1.92. The molecule has 0 atom stereocenters. The van der Waals surface area contributed by atoms with Gasteiger partial charge in [0, 0.05) is 5.75 Å². The number of aromatic nitrogens is 3. The van der Waals surface area contributed by atoms with Crippen LogP contribution in [-0.2, 0) is 5.75 Å². The molecule has 0 fully saturated rings. The molecule has 0 aliphatic carbocycles. The van der Waals surface area contributed by atoms with E-state index < -0.39 is 0 Å². The molecule has 0 aliphatic rings. The first-order valence-corrected chi connectivity index (χ1v) is 8.25. The first-order valence-electron chi connectivity index (χ1n) is 6.39. The van der Waals surface area contributed by atoms with Crippen molar-refractivity contribution in [2.45, 2.75) is 10.8 Å². The first kappa shape index (κ1) is 12.8. The van der Waals surface area contributed by atoms with Crippen molar-refractivity contribution in [2.75, 3.05) is 0 Å². The highest BCUT2D eigenvalue weighted by Crippen LogP contribution is 2.31. The average molecular weight is 315 g/mol. The molecule has 6 heteroatoms. The van der Waals surface area contributed by atoms with Gasteiger partial charge in [0.05, 0.1) is 15.7 Å². The number of benzene rings is 1. The zero-order valence-electron chi connectivity index (χ0n) is 10.9. The summed E-state index contributed by atoms with van der Waals surface area (Å²) in [5.74, 6) is 0.362. The summed E-state index contributed by atoms with van der Waals surface area (Å²) in [6, 6.07) is 11.0. The predicted octanol–water partition coefficient (Wildman–Crippen LogP) is 4.38. The Labute approximate surface area is 128 Å². The molecule has 104 valence electrons. The van der Waals surface area contributed by atoms with Gasteiger partial charge < -0.3 is 0 Å². The molecule has 0 unspecified atom stereocenters. The monoisotopic (exact) mass is 315 g/mol. The molecule has 3 nitrogen and oxygen atoms in total. The summed E-state index contributed by atoms with van der Waals surface area (Å²) in [5.41, 5.74) is 2.84. The molecule has 4 aromatic rings. The van der Waals surface area contributed by atoms with E-state index in [0.29, 0.717) is 11.3 Å². The minimum absolute atomic E-state index is 0.179.